The minimum Gasteiger partial charge on any atom is -0.504 e. The lowest BCUT2D eigenvalue weighted by Gasteiger charge is -2.10. The number of nitrogens with one attached hydrogen (secondary N) is 1. The maximum absolute atomic E-state index is 11.9. The smallest absolute Gasteiger partial charge is 0.342 e. The zero-order valence-corrected chi connectivity index (χ0v) is 14.4. The summed E-state index contributed by atoms with van der Waals surface area (Å²) in [7, 11) is 1.34. The summed E-state index contributed by atoms with van der Waals surface area (Å²) in [5, 5.41) is 32.7. The molecule has 0 unspecified atom stereocenters. The predicted octanol–water partition coefficient (Wildman–Crippen LogP) is 2.12. The molecule has 0 aliphatic carbocycles. The quantitative estimate of drug-likeness (QED) is 0.300. The SMILES string of the molecule is COc1ccc(NC(=O)COC(=O)c2ccc(C)c(O)c2O)c([N+](=O)[O-])c1. The van der Waals surface area contributed by atoms with Gasteiger partial charge >= 0.3 is 5.97 Å². The number of phenols is 2. The van der Waals surface area contributed by atoms with E-state index < -0.39 is 40.6 Å². The van der Waals surface area contributed by atoms with Crippen molar-refractivity contribution in [3.8, 4) is 17.2 Å². The summed E-state index contributed by atoms with van der Waals surface area (Å²) in [4.78, 5) is 34.3. The average molecular weight is 376 g/mol. The van der Waals surface area contributed by atoms with Crippen LogP contribution in [0.3, 0.4) is 0 Å². The largest absolute Gasteiger partial charge is 0.504 e. The second kappa shape index (κ2) is 8.04. The number of carbonyl (C=O) groups is 2. The highest BCUT2D eigenvalue weighted by Gasteiger charge is 2.20. The molecule has 0 fully saturated rings. The molecule has 2 aromatic rings. The molecule has 0 aliphatic rings. The van der Waals surface area contributed by atoms with Crippen molar-refractivity contribution in [1.29, 1.82) is 0 Å². The Bertz CT molecular complexity index is 910. The van der Waals surface area contributed by atoms with Gasteiger partial charge in [0.25, 0.3) is 11.6 Å². The first-order valence-electron chi connectivity index (χ1n) is 7.55. The van der Waals surface area contributed by atoms with Gasteiger partial charge in [0, 0.05) is 0 Å². The maximum Gasteiger partial charge on any atom is 0.342 e. The van der Waals surface area contributed by atoms with Crippen LogP contribution in [0.2, 0.25) is 0 Å². The van der Waals surface area contributed by atoms with Crippen LogP contribution in [-0.2, 0) is 9.53 Å². The normalized spacial score (nSPS) is 10.1. The first-order chi connectivity index (χ1) is 12.7. The Balaban J connectivity index is 2.06. The van der Waals surface area contributed by atoms with Gasteiger partial charge in [-0.25, -0.2) is 4.79 Å². The van der Waals surface area contributed by atoms with E-state index >= 15 is 0 Å². The van der Waals surface area contributed by atoms with Crippen LogP contribution < -0.4 is 10.1 Å². The monoisotopic (exact) mass is 376 g/mol. The number of nitro groups is 1. The van der Waals surface area contributed by atoms with Crippen LogP contribution in [0.15, 0.2) is 30.3 Å². The van der Waals surface area contributed by atoms with Crippen LogP contribution in [0.4, 0.5) is 11.4 Å². The first-order valence-corrected chi connectivity index (χ1v) is 7.55. The summed E-state index contributed by atoms with van der Waals surface area (Å²) in [6.07, 6.45) is 0. The lowest BCUT2D eigenvalue weighted by atomic mass is 10.1. The van der Waals surface area contributed by atoms with Crippen molar-refractivity contribution in [2.24, 2.45) is 0 Å². The Hall–Kier alpha value is -3.82. The molecular formula is C17H16N2O8. The van der Waals surface area contributed by atoms with E-state index in [0.29, 0.717) is 5.56 Å². The number of hydrogen-bond acceptors (Lipinski definition) is 8. The van der Waals surface area contributed by atoms with Crippen molar-refractivity contribution in [3.05, 3.63) is 51.6 Å². The van der Waals surface area contributed by atoms with Gasteiger partial charge in [-0.15, -0.1) is 0 Å². The minimum absolute atomic E-state index is 0.0994. The van der Waals surface area contributed by atoms with E-state index in [-0.39, 0.29) is 17.0 Å². The topological polar surface area (TPSA) is 148 Å². The number of ether oxygens (including phenoxy) is 2. The van der Waals surface area contributed by atoms with Gasteiger partial charge in [-0.3, -0.25) is 14.9 Å². The molecule has 0 atom stereocenters. The van der Waals surface area contributed by atoms with Crippen LogP contribution in [0.5, 0.6) is 17.2 Å². The third-order valence-corrected chi connectivity index (χ3v) is 3.58. The number of esters is 1. The number of rotatable bonds is 6. The van der Waals surface area contributed by atoms with Crippen LogP contribution in [0, 0.1) is 17.0 Å². The lowest BCUT2D eigenvalue weighted by molar-refractivity contribution is -0.384. The van der Waals surface area contributed by atoms with Crippen LogP contribution in [0.25, 0.3) is 0 Å². The molecule has 0 heterocycles. The number of phenolic OH excluding ortho intramolecular Hbond substituents is 2. The molecule has 0 radical (unpaired) electrons. The summed E-state index contributed by atoms with van der Waals surface area (Å²) < 4.78 is 9.66. The predicted molar refractivity (Wildman–Crippen MR) is 93.1 cm³/mol. The average Bonchev–Trinajstić information content (AvgIpc) is 2.64. The first kappa shape index (κ1) is 19.5. The molecule has 0 bridgehead atoms. The van der Waals surface area contributed by atoms with E-state index in [4.69, 9.17) is 9.47 Å². The van der Waals surface area contributed by atoms with Crippen LogP contribution in [0.1, 0.15) is 15.9 Å². The molecule has 0 aliphatic heterocycles. The van der Waals surface area contributed by atoms with Gasteiger partial charge in [0.05, 0.1) is 18.1 Å². The molecular weight excluding hydrogens is 360 g/mol. The molecule has 0 saturated carbocycles. The molecule has 0 saturated heterocycles. The second-order valence-corrected chi connectivity index (χ2v) is 5.39. The van der Waals surface area contributed by atoms with Crippen LogP contribution in [-0.4, -0.2) is 40.7 Å². The van der Waals surface area contributed by atoms with E-state index in [1.54, 1.807) is 0 Å². The van der Waals surface area contributed by atoms with Gasteiger partial charge in [0.2, 0.25) is 0 Å². The summed E-state index contributed by atoms with van der Waals surface area (Å²) >= 11 is 0. The van der Waals surface area contributed by atoms with Crippen molar-refractivity contribution >= 4 is 23.3 Å². The number of nitro benzene ring substituents is 1. The van der Waals surface area contributed by atoms with Crippen molar-refractivity contribution in [2.75, 3.05) is 19.0 Å². The number of amides is 1. The van der Waals surface area contributed by atoms with E-state index in [1.807, 2.05) is 0 Å². The fraction of sp³-hybridized carbons (Fsp3) is 0.176. The standard InChI is InChI=1S/C17H16N2O8/c1-9-3-5-11(16(22)15(9)21)17(23)27-8-14(20)18-12-6-4-10(26-2)7-13(12)19(24)25/h3-7,21-22H,8H2,1-2H3,(H,18,20). The number of carbonyl (C=O) groups excluding carboxylic acids is 2. The molecule has 10 nitrogen and oxygen atoms in total. The third-order valence-electron chi connectivity index (χ3n) is 3.58. The van der Waals surface area contributed by atoms with Gasteiger partial charge < -0.3 is 25.0 Å². The molecule has 2 rings (SSSR count). The molecule has 142 valence electrons. The highest BCUT2D eigenvalue weighted by Crippen LogP contribution is 2.32. The van der Waals surface area contributed by atoms with Gasteiger partial charge in [-0.05, 0) is 30.7 Å². The molecule has 3 N–H and O–H groups in total. The minimum atomic E-state index is -1.04. The van der Waals surface area contributed by atoms with Crippen LogP contribution >= 0.6 is 0 Å². The number of aromatic hydroxyl groups is 2. The number of anilines is 1. The van der Waals surface area contributed by atoms with Crippen molar-refractivity contribution in [1.82, 2.24) is 0 Å². The fourth-order valence-corrected chi connectivity index (χ4v) is 2.14. The van der Waals surface area contributed by atoms with E-state index in [0.717, 1.165) is 6.07 Å². The molecule has 0 aromatic heterocycles. The lowest BCUT2D eigenvalue weighted by Crippen LogP contribution is -2.21. The Morgan fingerprint density at radius 2 is 1.89 bits per heavy atom. The van der Waals surface area contributed by atoms with Crippen molar-refractivity contribution < 1.29 is 34.2 Å². The van der Waals surface area contributed by atoms with E-state index in [1.165, 1.54) is 38.3 Å². The second-order valence-electron chi connectivity index (χ2n) is 5.39. The molecule has 27 heavy (non-hydrogen) atoms. The zero-order chi connectivity index (χ0) is 20.1. The van der Waals surface area contributed by atoms with Gasteiger partial charge in [-0.1, -0.05) is 6.07 Å². The molecule has 10 heteroatoms. The number of benzene rings is 2. The summed E-state index contributed by atoms with van der Waals surface area (Å²) in [5.41, 5.74) is -0.456. The van der Waals surface area contributed by atoms with E-state index in [2.05, 4.69) is 5.32 Å². The van der Waals surface area contributed by atoms with E-state index in [9.17, 15) is 29.9 Å². The Morgan fingerprint density at radius 1 is 1.19 bits per heavy atom. The Kier molecular flexibility index (Phi) is 5.81. The summed E-state index contributed by atoms with van der Waals surface area (Å²) in [5.74, 6) is -2.76. The summed E-state index contributed by atoms with van der Waals surface area (Å²) in [6, 6.07) is 6.46. The number of hydrogen-bond donors (Lipinski definition) is 3. The Labute approximate surface area is 153 Å². The fourth-order valence-electron chi connectivity index (χ4n) is 2.14. The highest BCUT2D eigenvalue weighted by molar-refractivity contribution is 5.98. The maximum atomic E-state index is 11.9. The third kappa shape index (κ3) is 4.42. The summed E-state index contributed by atoms with van der Waals surface area (Å²) in [6.45, 7) is 0.773. The molecule has 0 spiro atoms. The number of nitrogens with zero attached hydrogens (tertiary/aromatic N) is 1. The van der Waals surface area contributed by atoms with Gasteiger partial charge in [-0.2, -0.15) is 0 Å². The molecule has 1 amide bonds. The molecule has 2 aromatic carbocycles. The van der Waals surface area contributed by atoms with Crippen molar-refractivity contribution in [3.63, 3.8) is 0 Å². The number of methoxy groups -OCH3 is 1. The highest BCUT2D eigenvalue weighted by atomic mass is 16.6. The zero-order valence-electron chi connectivity index (χ0n) is 14.4. The Morgan fingerprint density at radius 3 is 2.52 bits per heavy atom. The number of aryl methyl sites for hydroxylation is 1. The van der Waals surface area contributed by atoms with Gasteiger partial charge in [0.1, 0.15) is 17.0 Å². The van der Waals surface area contributed by atoms with Gasteiger partial charge in [0.15, 0.2) is 18.1 Å². The van der Waals surface area contributed by atoms with Crippen molar-refractivity contribution in [2.45, 2.75) is 6.92 Å².